The lowest BCUT2D eigenvalue weighted by Crippen LogP contribution is -2.40. The second kappa shape index (κ2) is 8.08. The van der Waals surface area contributed by atoms with Crippen LogP contribution >= 0.6 is 0 Å². The van der Waals surface area contributed by atoms with E-state index in [1.165, 1.54) is 4.90 Å². The number of ether oxygens (including phenoxy) is 1. The van der Waals surface area contributed by atoms with Gasteiger partial charge in [0.2, 0.25) is 0 Å². The van der Waals surface area contributed by atoms with Crippen LogP contribution in [0.1, 0.15) is 29.8 Å². The standard InChI is InChI=1S/C22H22N2O4/c1-15(2)24(17-9-5-4-6-10-17)20(25)14-28-21(26)13-23-16(3)18-11-7-8-12-19(18)22(23)27/h4-12,15H,3,13-14H2,1-2H3. The van der Waals surface area contributed by atoms with Gasteiger partial charge in [-0.3, -0.25) is 19.3 Å². The van der Waals surface area contributed by atoms with Crippen molar-refractivity contribution in [1.29, 1.82) is 0 Å². The van der Waals surface area contributed by atoms with Gasteiger partial charge >= 0.3 is 5.97 Å². The molecule has 0 atom stereocenters. The zero-order valence-electron chi connectivity index (χ0n) is 15.9. The van der Waals surface area contributed by atoms with Crippen molar-refractivity contribution in [3.63, 3.8) is 0 Å². The van der Waals surface area contributed by atoms with E-state index in [1.54, 1.807) is 23.1 Å². The maximum absolute atomic E-state index is 12.6. The molecule has 0 fully saturated rings. The van der Waals surface area contributed by atoms with Crippen LogP contribution in [0.4, 0.5) is 5.69 Å². The van der Waals surface area contributed by atoms with Crippen molar-refractivity contribution in [2.24, 2.45) is 0 Å². The first-order valence-electron chi connectivity index (χ1n) is 9.03. The lowest BCUT2D eigenvalue weighted by molar-refractivity contribution is -0.147. The zero-order chi connectivity index (χ0) is 20.3. The summed E-state index contributed by atoms with van der Waals surface area (Å²) in [6.07, 6.45) is 0. The minimum atomic E-state index is -0.660. The molecule has 0 aliphatic carbocycles. The Bertz CT molecular complexity index is 886. The molecule has 0 saturated heterocycles. The van der Waals surface area contributed by atoms with Crippen molar-refractivity contribution >= 4 is 29.2 Å². The SMILES string of the molecule is C=C1c2ccccc2C(=O)N1CC(=O)OCC(=O)N(c1ccccc1)C(C)C. The molecule has 0 saturated carbocycles. The third-order valence-electron chi connectivity index (χ3n) is 4.50. The van der Waals surface area contributed by atoms with Gasteiger partial charge in [-0.05, 0) is 32.0 Å². The summed E-state index contributed by atoms with van der Waals surface area (Å²) < 4.78 is 5.15. The maximum Gasteiger partial charge on any atom is 0.326 e. The average molecular weight is 378 g/mol. The normalized spacial score (nSPS) is 12.9. The van der Waals surface area contributed by atoms with E-state index in [0.29, 0.717) is 16.8 Å². The number of para-hydroxylation sites is 1. The Morgan fingerprint density at radius 2 is 1.64 bits per heavy atom. The monoisotopic (exact) mass is 378 g/mol. The van der Waals surface area contributed by atoms with E-state index in [4.69, 9.17) is 4.74 Å². The molecule has 2 aromatic carbocycles. The van der Waals surface area contributed by atoms with E-state index in [9.17, 15) is 14.4 Å². The quantitative estimate of drug-likeness (QED) is 0.725. The first kappa shape index (κ1) is 19.4. The van der Waals surface area contributed by atoms with E-state index in [2.05, 4.69) is 6.58 Å². The second-order valence-electron chi connectivity index (χ2n) is 6.74. The van der Waals surface area contributed by atoms with Crippen LogP contribution in [0.3, 0.4) is 0 Å². The maximum atomic E-state index is 12.6. The summed E-state index contributed by atoms with van der Waals surface area (Å²) in [5, 5.41) is 0. The number of amides is 2. The number of hydrogen-bond acceptors (Lipinski definition) is 4. The van der Waals surface area contributed by atoms with E-state index >= 15 is 0 Å². The largest absolute Gasteiger partial charge is 0.454 e. The van der Waals surface area contributed by atoms with Crippen LogP contribution in [0, 0.1) is 0 Å². The van der Waals surface area contributed by atoms with Gasteiger partial charge in [-0.15, -0.1) is 0 Å². The van der Waals surface area contributed by atoms with Gasteiger partial charge < -0.3 is 9.64 Å². The summed E-state index contributed by atoms with van der Waals surface area (Å²) >= 11 is 0. The van der Waals surface area contributed by atoms with Gasteiger partial charge in [0.15, 0.2) is 6.61 Å². The lowest BCUT2D eigenvalue weighted by Gasteiger charge is -2.26. The Morgan fingerprint density at radius 3 is 2.25 bits per heavy atom. The average Bonchev–Trinajstić information content (AvgIpc) is 2.92. The van der Waals surface area contributed by atoms with Gasteiger partial charge in [0.05, 0.1) is 0 Å². The van der Waals surface area contributed by atoms with Gasteiger partial charge in [0.25, 0.3) is 11.8 Å². The topological polar surface area (TPSA) is 66.9 Å². The number of carbonyl (C=O) groups is 3. The summed E-state index contributed by atoms with van der Waals surface area (Å²) in [7, 11) is 0. The fraction of sp³-hybridized carbons (Fsp3) is 0.227. The highest BCUT2D eigenvalue weighted by Crippen LogP contribution is 2.30. The van der Waals surface area contributed by atoms with Crippen molar-refractivity contribution in [3.8, 4) is 0 Å². The highest BCUT2D eigenvalue weighted by atomic mass is 16.5. The van der Waals surface area contributed by atoms with Crippen molar-refractivity contribution in [1.82, 2.24) is 4.90 Å². The van der Waals surface area contributed by atoms with Gasteiger partial charge in [-0.25, -0.2) is 0 Å². The number of benzene rings is 2. The molecule has 1 aliphatic heterocycles. The fourth-order valence-electron chi connectivity index (χ4n) is 3.21. The number of fused-ring (bicyclic) bond motifs is 1. The molecule has 0 N–H and O–H groups in total. The number of esters is 1. The molecule has 0 unspecified atom stereocenters. The van der Waals surface area contributed by atoms with Gasteiger partial charge in [-0.1, -0.05) is 43.0 Å². The lowest BCUT2D eigenvalue weighted by atomic mass is 10.1. The number of carbonyl (C=O) groups excluding carboxylic acids is 3. The number of nitrogens with zero attached hydrogens (tertiary/aromatic N) is 2. The Hall–Kier alpha value is -3.41. The summed E-state index contributed by atoms with van der Waals surface area (Å²) in [5.41, 5.74) is 2.40. The molecule has 2 amide bonds. The molecule has 0 radical (unpaired) electrons. The third kappa shape index (κ3) is 3.81. The minimum absolute atomic E-state index is 0.0944. The van der Waals surface area contributed by atoms with E-state index in [-0.39, 0.29) is 24.4 Å². The number of anilines is 1. The molecule has 0 bridgehead atoms. The molecule has 2 aromatic rings. The van der Waals surface area contributed by atoms with Crippen LogP contribution in [-0.4, -0.2) is 41.9 Å². The van der Waals surface area contributed by atoms with Crippen molar-refractivity contribution in [3.05, 3.63) is 72.3 Å². The van der Waals surface area contributed by atoms with Crippen LogP contribution < -0.4 is 4.90 Å². The summed E-state index contributed by atoms with van der Waals surface area (Å²) in [6.45, 7) is 6.98. The van der Waals surface area contributed by atoms with Crippen molar-refractivity contribution < 1.29 is 19.1 Å². The Balaban J connectivity index is 1.61. The minimum Gasteiger partial charge on any atom is -0.454 e. The predicted octanol–water partition coefficient (Wildman–Crippen LogP) is 3.10. The van der Waals surface area contributed by atoms with Crippen LogP contribution in [0.2, 0.25) is 0 Å². The summed E-state index contributed by atoms with van der Waals surface area (Å²) in [4.78, 5) is 40.1. The molecule has 1 heterocycles. The van der Waals surface area contributed by atoms with E-state index < -0.39 is 12.6 Å². The number of hydrogen-bond donors (Lipinski definition) is 0. The molecule has 6 heteroatoms. The molecule has 28 heavy (non-hydrogen) atoms. The Morgan fingerprint density at radius 1 is 1.04 bits per heavy atom. The first-order valence-corrected chi connectivity index (χ1v) is 9.03. The molecule has 144 valence electrons. The van der Waals surface area contributed by atoms with E-state index in [0.717, 1.165) is 5.69 Å². The summed E-state index contributed by atoms with van der Waals surface area (Å²) in [5.74, 6) is -1.28. The van der Waals surface area contributed by atoms with Crippen LogP contribution in [0.15, 0.2) is 61.2 Å². The fourth-order valence-corrected chi connectivity index (χ4v) is 3.21. The van der Waals surface area contributed by atoms with Gasteiger partial charge in [0.1, 0.15) is 6.54 Å². The smallest absolute Gasteiger partial charge is 0.326 e. The highest BCUT2D eigenvalue weighted by Gasteiger charge is 2.32. The molecular formula is C22H22N2O4. The third-order valence-corrected chi connectivity index (χ3v) is 4.50. The Labute approximate surface area is 164 Å². The van der Waals surface area contributed by atoms with Gasteiger partial charge in [-0.2, -0.15) is 0 Å². The predicted molar refractivity (Wildman–Crippen MR) is 107 cm³/mol. The van der Waals surface area contributed by atoms with Crippen LogP contribution in [0.5, 0.6) is 0 Å². The molecule has 3 rings (SSSR count). The second-order valence-corrected chi connectivity index (χ2v) is 6.74. The molecule has 1 aliphatic rings. The van der Waals surface area contributed by atoms with Crippen LogP contribution in [-0.2, 0) is 14.3 Å². The van der Waals surface area contributed by atoms with Crippen molar-refractivity contribution in [2.75, 3.05) is 18.1 Å². The molecule has 6 nitrogen and oxygen atoms in total. The van der Waals surface area contributed by atoms with E-state index in [1.807, 2.05) is 50.2 Å². The van der Waals surface area contributed by atoms with Crippen molar-refractivity contribution in [2.45, 2.75) is 19.9 Å². The highest BCUT2D eigenvalue weighted by molar-refractivity contribution is 6.10. The number of rotatable bonds is 6. The molecular weight excluding hydrogens is 356 g/mol. The van der Waals surface area contributed by atoms with Gasteiger partial charge in [0, 0.05) is 28.6 Å². The molecule has 0 spiro atoms. The summed E-state index contributed by atoms with van der Waals surface area (Å²) in [6, 6.07) is 16.1. The zero-order valence-corrected chi connectivity index (χ0v) is 15.9. The van der Waals surface area contributed by atoms with Crippen LogP contribution in [0.25, 0.3) is 5.70 Å². The Kier molecular flexibility index (Phi) is 5.59. The molecule has 0 aromatic heterocycles. The first-order chi connectivity index (χ1) is 13.4.